The molecule has 2 unspecified atom stereocenters. The van der Waals surface area contributed by atoms with Gasteiger partial charge in [0.15, 0.2) is 34.8 Å². The maximum atomic E-state index is 15.2. The standard InChI is InChI=1S/C36H38F6O3/c1-3-29(43)28-16-14-25(32(38)35(28)41)21-7-5-20(6-8-21)19-45-23-11-9-22(10-12-23)24-13-15-26(33(39)31(24)37)27-17-18-30(44-4-2)36(42)34(27)40/h9,13-18,20-21,23,29,43H,3-8,10-12,19H2,1-2H3. The van der Waals surface area contributed by atoms with Crippen molar-refractivity contribution in [3.05, 3.63) is 94.1 Å². The summed E-state index contributed by atoms with van der Waals surface area (Å²) >= 11 is 0. The van der Waals surface area contributed by atoms with Crippen LogP contribution < -0.4 is 4.74 Å². The van der Waals surface area contributed by atoms with Gasteiger partial charge in [0.25, 0.3) is 0 Å². The monoisotopic (exact) mass is 632 g/mol. The van der Waals surface area contributed by atoms with Crippen molar-refractivity contribution < 1.29 is 40.9 Å². The number of ether oxygens (including phenoxy) is 2. The maximum absolute atomic E-state index is 15.2. The van der Waals surface area contributed by atoms with Crippen molar-refractivity contribution in [1.29, 1.82) is 0 Å². The van der Waals surface area contributed by atoms with Gasteiger partial charge < -0.3 is 14.6 Å². The van der Waals surface area contributed by atoms with Gasteiger partial charge in [0.05, 0.1) is 18.8 Å². The van der Waals surface area contributed by atoms with Gasteiger partial charge in [0, 0.05) is 28.9 Å². The zero-order chi connectivity index (χ0) is 32.2. The van der Waals surface area contributed by atoms with E-state index in [2.05, 4.69) is 0 Å². The first kappa shape index (κ1) is 33.1. The lowest BCUT2D eigenvalue weighted by Crippen LogP contribution is -2.23. The van der Waals surface area contributed by atoms with E-state index in [-0.39, 0.29) is 52.5 Å². The van der Waals surface area contributed by atoms with Gasteiger partial charge in [-0.15, -0.1) is 0 Å². The second-order valence-electron chi connectivity index (χ2n) is 11.9. The zero-order valence-corrected chi connectivity index (χ0v) is 25.5. The van der Waals surface area contributed by atoms with Gasteiger partial charge in [-0.2, -0.15) is 4.39 Å². The molecule has 0 heterocycles. The Kier molecular flexibility index (Phi) is 10.6. The van der Waals surface area contributed by atoms with E-state index in [1.807, 2.05) is 6.08 Å². The third-order valence-corrected chi connectivity index (χ3v) is 9.17. The van der Waals surface area contributed by atoms with Crippen molar-refractivity contribution >= 4 is 5.57 Å². The number of allylic oxidation sites excluding steroid dienone is 1. The fraction of sp³-hybridized carbons (Fsp3) is 0.444. The molecule has 1 saturated carbocycles. The molecule has 0 bridgehead atoms. The van der Waals surface area contributed by atoms with Gasteiger partial charge >= 0.3 is 0 Å². The molecule has 3 aromatic rings. The Morgan fingerprint density at radius 2 is 1.38 bits per heavy atom. The molecule has 9 heteroatoms. The number of hydrogen-bond acceptors (Lipinski definition) is 3. The zero-order valence-electron chi connectivity index (χ0n) is 25.5. The molecule has 2 atom stereocenters. The summed E-state index contributed by atoms with van der Waals surface area (Å²) in [5.41, 5.74) is 0.303. The molecule has 3 nitrogen and oxygen atoms in total. The first-order chi connectivity index (χ1) is 21.6. The highest BCUT2D eigenvalue weighted by molar-refractivity contribution is 5.72. The van der Waals surface area contributed by atoms with Gasteiger partial charge in [-0.1, -0.05) is 37.3 Å². The lowest BCUT2D eigenvalue weighted by atomic mass is 9.78. The van der Waals surface area contributed by atoms with E-state index < -0.39 is 41.0 Å². The van der Waals surface area contributed by atoms with Gasteiger partial charge in [-0.05, 0) is 93.4 Å². The number of halogens is 6. The molecule has 1 N–H and O–H groups in total. The van der Waals surface area contributed by atoms with Crippen molar-refractivity contribution in [3.63, 3.8) is 0 Å². The SMILES string of the molecule is CCOc1ccc(-c2ccc(C3=CCC(OCC4CCC(c5ccc(C(O)CC)c(F)c5F)CC4)CC3)c(F)c2F)c(F)c1F. The number of aliphatic hydroxyl groups excluding tert-OH is 1. The highest BCUT2D eigenvalue weighted by atomic mass is 19.2. The third kappa shape index (κ3) is 6.94. The average Bonchev–Trinajstić information content (AvgIpc) is 3.05. The predicted molar refractivity (Wildman–Crippen MR) is 161 cm³/mol. The van der Waals surface area contributed by atoms with Crippen LogP contribution >= 0.6 is 0 Å². The maximum Gasteiger partial charge on any atom is 0.201 e. The Morgan fingerprint density at radius 3 is 2.02 bits per heavy atom. The molecule has 0 spiro atoms. The first-order valence-corrected chi connectivity index (χ1v) is 15.7. The van der Waals surface area contributed by atoms with Crippen LogP contribution in [-0.2, 0) is 4.74 Å². The van der Waals surface area contributed by atoms with Crippen LogP contribution in [0.3, 0.4) is 0 Å². The van der Waals surface area contributed by atoms with Crippen LogP contribution in [-0.4, -0.2) is 24.4 Å². The van der Waals surface area contributed by atoms with Crippen LogP contribution in [0.5, 0.6) is 5.75 Å². The van der Waals surface area contributed by atoms with Gasteiger partial charge in [0.2, 0.25) is 5.82 Å². The van der Waals surface area contributed by atoms with E-state index in [1.54, 1.807) is 19.9 Å². The van der Waals surface area contributed by atoms with Crippen molar-refractivity contribution in [2.75, 3.05) is 13.2 Å². The summed E-state index contributed by atoms with van der Waals surface area (Å²) < 4.78 is 99.9. The molecule has 0 amide bonds. The molecule has 0 radical (unpaired) electrons. The summed E-state index contributed by atoms with van der Waals surface area (Å²) in [7, 11) is 0. The lowest BCUT2D eigenvalue weighted by molar-refractivity contribution is 0.0157. The molecular formula is C36H38F6O3. The largest absolute Gasteiger partial charge is 0.491 e. The van der Waals surface area contributed by atoms with Gasteiger partial charge in [-0.25, -0.2) is 22.0 Å². The summed E-state index contributed by atoms with van der Waals surface area (Å²) in [6.45, 7) is 3.99. The summed E-state index contributed by atoms with van der Waals surface area (Å²) in [5, 5.41) is 9.94. The Bertz CT molecular complexity index is 1550. The molecule has 0 aliphatic heterocycles. The van der Waals surface area contributed by atoms with Crippen LogP contribution in [0.4, 0.5) is 26.3 Å². The van der Waals surface area contributed by atoms with Crippen molar-refractivity contribution in [2.24, 2.45) is 5.92 Å². The molecule has 2 aliphatic carbocycles. The first-order valence-electron chi connectivity index (χ1n) is 15.7. The summed E-state index contributed by atoms with van der Waals surface area (Å²) in [6, 6.07) is 8.09. The Labute approximate surface area is 259 Å². The summed E-state index contributed by atoms with van der Waals surface area (Å²) in [5.74, 6) is -6.85. The molecule has 5 rings (SSSR count). The average molecular weight is 633 g/mol. The second-order valence-corrected chi connectivity index (χ2v) is 11.9. The van der Waals surface area contributed by atoms with Crippen molar-refractivity contribution in [2.45, 2.75) is 83.3 Å². The molecule has 2 aliphatic rings. The molecule has 45 heavy (non-hydrogen) atoms. The predicted octanol–water partition coefficient (Wildman–Crippen LogP) is 9.96. The minimum Gasteiger partial charge on any atom is -0.491 e. The van der Waals surface area contributed by atoms with Crippen LogP contribution in [0, 0.1) is 40.8 Å². The minimum absolute atomic E-state index is 0.00796. The molecule has 242 valence electrons. The van der Waals surface area contributed by atoms with Crippen molar-refractivity contribution in [1.82, 2.24) is 0 Å². The van der Waals surface area contributed by atoms with Gasteiger partial charge in [-0.3, -0.25) is 0 Å². The van der Waals surface area contributed by atoms with Crippen LogP contribution in [0.2, 0.25) is 0 Å². The van der Waals surface area contributed by atoms with E-state index >= 15 is 8.78 Å². The molecule has 0 aromatic heterocycles. The molecule has 1 fully saturated rings. The summed E-state index contributed by atoms with van der Waals surface area (Å²) in [4.78, 5) is 0. The van der Waals surface area contributed by atoms with Crippen LogP contribution in [0.25, 0.3) is 16.7 Å². The van der Waals surface area contributed by atoms with E-state index in [1.165, 1.54) is 30.3 Å². The molecule has 3 aromatic carbocycles. The van der Waals surface area contributed by atoms with Gasteiger partial charge in [0.1, 0.15) is 0 Å². The highest BCUT2D eigenvalue weighted by Gasteiger charge is 2.29. The lowest BCUT2D eigenvalue weighted by Gasteiger charge is -2.31. The topological polar surface area (TPSA) is 38.7 Å². The third-order valence-electron chi connectivity index (χ3n) is 9.17. The van der Waals surface area contributed by atoms with E-state index in [9.17, 15) is 22.7 Å². The quantitative estimate of drug-likeness (QED) is 0.226. The smallest absolute Gasteiger partial charge is 0.201 e. The summed E-state index contributed by atoms with van der Waals surface area (Å²) in [6.07, 6.45) is 5.68. The number of aliphatic hydroxyl groups is 1. The normalized spacial score (nSPS) is 21.0. The van der Waals surface area contributed by atoms with E-state index in [0.717, 1.165) is 12.8 Å². The Hall–Kier alpha value is -3.30. The van der Waals surface area contributed by atoms with Crippen LogP contribution in [0.1, 0.15) is 93.9 Å². The fourth-order valence-corrected chi connectivity index (χ4v) is 6.50. The number of benzene rings is 3. The van der Waals surface area contributed by atoms with Crippen molar-refractivity contribution in [3.8, 4) is 16.9 Å². The highest BCUT2D eigenvalue weighted by Crippen LogP contribution is 2.40. The van der Waals surface area contributed by atoms with E-state index in [4.69, 9.17) is 9.47 Å². The Balaban J connectivity index is 1.16. The number of hydrogen-bond donors (Lipinski definition) is 1. The number of rotatable bonds is 10. The van der Waals surface area contributed by atoms with E-state index in [0.29, 0.717) is 56.3 Å². The Morgan fingerprint density at radius 1 is 0.733 bits per heavy atom. The molecular weight excluding hydrogens is 594 g/mol. The minimum atomic E-state index is -1.31. The fourth-order valence-electron chi connectivity index (χ4n) is 6.50. The molecule has 0 saturated heterocycles. The second kappa shape index (κ2) is 14.4. The van der Waals surface area contributed by atoms with Crippen LogP contribution in [0.15, 0.2) is 42.5 Å².